The molecule has 0 saturated carbocycles. The van der Waals surface area contributed by atoms with Crippen molar-refractivity contribution in [3.63, 3.8) is 0 Å². The molecule has 25 heavy (non-hydrogen) atoms. The lowest BCUT2D eigenvalue weighted by Gasteiger charge is -2.00. The highest BCUT2D eigenvalue weighted by molar-refractivity contribution is 7.17. The van der Waals surface area contributed by atoms with Crippen LogP contribution in [-0.4, -0.2) is 15.9 Å². The van der Waals surface area contributed by atoms with Gasteiger partial charge in [0.05, 0.1) is 11.4 Å². The first-order chi connectivity index (χ1) is 12.2. The Morgan fingerprint density at radius 2 is 1.76 bits per heavy atom. The average molecular weight is 405 g/mol. The number of carbonyl (C=O) groups is 1. The van der Waals surface area contributed by atoms with Crippen molar-refractivity contribution in [3.8, 4) is 21.1 Å². The molecule has 0 radical (unpaired) electrons. The number of rotatable bonds is 5. The fraction of sp³-hybridized carbons (Fsp3) is 0.118. The zero-order valence-corrected chi connectivity index (χ0v) is 16.4. The summed E-state index contributed by atoms with van der Waals surface area (Å²) in [5.41, 5.74) is 3.61. The van der Waals surface area contributed by atoms with E-state index in [4.69, 9.17) is 4.74 Å². The number of carbonyl (C=O) groups excluding carboxylic acids is 1. The SMILES string of the molecule is Cc1nc(-c2ccsc2)sc1C(=O)OCc1csc(-c2ccsc2)n1. The second-order valence-corrected chi connectivity index (χ2v) is 8.59. The van der Waals surface area contributed by atoms with Crippen LogP contribution in [0.15, 0.2) is 39.0 Å². The van der Waals surface area contributed by atoms with Crippen LogP contribution < -0.4 is 0 Å². The number of aromatic nitrogens is 2. The molecule has 0 aliphatic rings. The lowest BCUT2D eigenvalue weighted by Crippen LogP contribution is -2.05. The molecule has 4 rings (SSSR count). The van der Waals surface area contributed by atoms with Gasteiger partial charge in [-0.3, -0.25) is 0 Å². The Balaban J connectivity index is 1.44. The van der Waals surface area contributed by atoms with Gasteiger partial charge in [0, 0.05) is 27.3 Å². The number of hydrogen-bond acceptors (Lipinski definition) is 8. The predicted octanol–water partition coefficient (Wildman–Crippen LogP) is 5.72. The molecule has 0 unspecified atom stereocenters. The van der Waals surface area contributed by atoms with Gasteiger partial charge in [0.15, 0.2) is 0 Å². The monoisotopic (exact) mass is 404 g/mol. The maximum absolute atomic E-state index is 12.4. The molecular weight excluding hydrogens is 392 g/mol. The molecule has 0 N–H and O–H groups in total. The number of thiazole rings is 2. The largest absolute Gasteiger partial charge is 0.455 e. The molecule has 4 aromatic rings. The van der Waals surface area contributed by atoms with Gasteiger partial charge in [-0.2, -0.15) is 22.7 Å². The summed E-state index contributed by atoms with van der Waals surface area (Å²) < 4.78 is 5.44. The van der Waals surface area contributed by atoms with Gasteiger partial charge in [0.1, 0.15) is 21.5 Å². The summed E-state index contributed by atoms with van der Waals surface area (Å²) in [5.74, 6) is -0.346. The van der Waals surface area contributed by atoms with Crippen molar-refractivity contribution >= 4 is 51.3 Å². The smallest absolute Gasteiger partial charge is 0.350 e. The van der Waals surface area contributed by atoms with Crippen molar-refractivity contribution in [2.24, 2.45) is 0 Å². The van der Waals surface area contributed by atoms with Crippen molar-refractivity contribution in [3.05, 3.63) is 55.3 Å². The van der Waals surface area contributed by atoms with Gasteiger partial charge in [-0.1, -0.05) is 0 Å². The summed E-state index contributed by atoms with van der Waals surface area (Å²) in [7, 11) is 0. The van der Waals surface area contributed by atoms with E-state index in [1.165, 1.54) is 11.3 Å². The minimum Gasteiger partial charge on any atom is -0.455 e. The molecule has 0 aliphatic carbocycles. The van der Waals surface area contributed by atoms with Gasteiger partial charge in [-0.05, 0) is 29.8 Å². The second kappa shape index (κ2) is 7.17. The van der Waals surface area contributed by atoms with E-state index in [2.05, 4.69) is 15.3 Å². The molecule has 4 nitrogen and oxygen atoms in total. The van der Waals surface area contributed by atoms with Gasteiger partial charge in [0.25, 0.3) is 0 Å². The highest BCUT2D eigenvalue weighted by atomic mass is 32.1. The molecule has 0 bridgehead atoms. The molecule has 0 atom stereocenters. The van der Waals surface area contributed by atoms with E-state index in [1.807, 2.05) is 40.6 Å². The zero-order chi connectivity index (χ0) is 17.2. The maximum Gasteiger partial charge on any atom is 0.350 e. The predicted molar refractivity (Wildman–Crippen MR) is 105 cm³/mol. The Labute approximate surface area is 160 Å². The number of hydrogen-bond donors (Lipinski definition) is 0. The number of esters is 1. The lowest BCUT2D eigenvalue weighted by molar-refractivity contribution is 0.0473. The highest BCUT2D eigenvalue weighted by Crippen LogP contribution is 2.30. The Bertz CT molecular complexity index is 984. The molecular formula is C17H12N2O2S4. The van der Waals surface area contributed by atoms with Crippen molar-refractivity contribution in [2.75, 3.05) is 0 Å². The summed E-state index contributed by atoms with van der Waals surface area (Å²) in [4.78, 5) is 21.9. The fourth-order valence-corrected chi connectivity index (χ4v) is 5.38. The topological polar surface area (TPSA) is 52.1 Å². The number of ether oxygens (including phenoxy) is 1. The Hall–Kier alpha value is -1.87. The summed E-state index contributed by atoms with van der Waals surface area (Å²) >= 11 is 6.17. The summed E-state index contributed by atoms with van der Waals surface area (Å²) in [6, 6.07) is 4.03. The van der Waals surface area contributed by atoms with Gasteiger partial charge >= 0.3 is 5.97 Å². The van der Waals surface area contributed by atoms with Gasteiger partial charge in [0.2, 0.25) is 0 Å². The summed E-state index contributed by atoms with van der Waals surface area (Å²) in [6.45, 7) is 2.01. The van der Waals surface area contributed by atoms with Crippen LogP contribution >= 0.6 is 45.3 Å². The van der Waals surface area contributed by atoms with Crippen LogP contribution in [0.4, 0.5) is 0 Å². The van der Waals surface area contributed by atoms with Crippen LogP contribution in [0, 0.1) is 6.92 Å². The molecule has 0 spiro atoms. The van der Waals surface area contributed by atoms with E-state index in [0.717, 1.165) is 26.8 Å². The first-order valence-corrected chi connectivity index (χ1v) is 10.9. The first-order valence-electron chi connectivity index (χ1n) is 7.35. The third-order valence-electron chi connectivity index (χ3n) is 3.42. The Kier molecular flexibility index (Phi) is 4.76. The third kappa shape index (κ3) is 3.57. The van der Waals surface area contributed by atoms with Crippen molar-refractivity contribution < 1.29 is 9.53 Å². The number of thiophene rings is 2. The van der Waals surface area contributed by atoms with Crippen LogP contribution in [-0.2, 0) is 11.3 Å². The number of aryl methyl sites for hydroxylation is 1. The quantitative estimate of drug-likeness (QED) is 0.399. The van der Waals surface area contributed by atoms with E-state index >= 15 is 0 Å². The van der Waals surface area contributed by atoms with E-state index in [-0.39, 0.29) is 12.6 Å². The number of nitrogens with zero attached hydrogens (tertiary/aromatic N) is 2. The van der Waals surface area contributed by atoms with Gasteiger partial charge in [-0.25, -0.2) is 14.8 Å². The summed E-state index contributed by atoms with van der Waals surface area (Å²) in [5, 5.41) is 11.8. The van der Waals surface area contributed by atoms with Gasteiger partial charge < -0.3 is 4.74 Å². The van der Waals surface area contributed by atoms with Crippen molar-refractivity contribution in [1.82, 2.24) is 9.97 Å². The lowest BCUT2D eigenvalue weighted by atomic mass is 10.3. The van der Waals surface area contributed by atoms with Crippen molar-refractivity contribution in [1.29, 1.82) is 0 Å². The van der Waals surface area contributed by atoms with E-state index in [1.54, 1.807) is 34.0 Å². The van der Waals surface area contributed by atoms with Crippen LogP contribution in [0.3, 0.4) is 0 Å². The second-order valence-electron chi connectivity index (χ2n) is 5.18. The van der Waals surface area contributed by atoms with Gasteiger partial charge in [-0.15, -0.1) is 22.7 Å². The Morgan fingerprint density at radius 3 is 2.44 bits per heavy atom. The third-order valence-corrected chi connectivity index (χ3v) is 6.91. The van der Waals surface area contributed by atoms with E-state index < -0.39 is 0 Å². The van der Waals surface area contributed by atoms with Crippen LogP contribution in [0.1, 0.15) is 21.1 Å². The normalized spacial score (nSPS) is 10.9. The molecule has 0 saturated heterocycles. The molecule has 0 aromatic carbocycles. The van der Waals surface area contributed by atoms with Crippen LogP contribution in [0.25, 0.3) is 21.1 Å². The van der Waals surface area contributed by atoms with E-state index in [0.29, 0.717) is 10.6 Å². The molecule has 8 heteroatoms. The molecule has 4 aromatic heterocycles. The van der Waals surface area contributed by atoms with Crippen LogP contribution in [0.5, 0.6) is 0 Å². The standard InChI is InChI=1S/C17H12N2O2S4/c1-10-14(25-16(18-10)12-3-5-23-8-12)17(20)21-6-13-9-24-15(19-13)11-2-4-22-7-11/h2-5,7-9H,6H2,1H3. The minimum atomic E-state index is -0.346. The Morgan fingerprint density at radius 1 is 1.04 bits per heavy atom. The van der Waals surface area contributed by atoms with Crippen molar-refractivity contribution in [2.45, 2.75) is 13.5 Å². The van der Waals surface area contributed by atoms with E-state index in [9.17, 15) is 4.79 Å². The average Bonchev–Trinajstić information content (AvgIpc) is 3.38. The maximum atomic E-state index is 12.4. The molecule has 0 amide bonds. The fourth-order valence-electron chi connectivity index (χ4n) is 2.19. The highest BCUT2D eigenvalue weighted by Gasteiger charge is 2.18. The molecule has 0 fully saturated rings. The first kappa shape index (κ1) is 16.6. The molecule has 0 aliphatic heterocycles. The summed E-state index contributed by atoms with van der Waals surface area (Å²) in [6.07, 6.45) is 0. The molecule has 126 valence electrons. The molecule has 4 heterocycles. The minimum absolute atomic E-state index is 0.171. The zero-order valence-electron chi connectivity index (χ0n) is 13.1. The van der Waals surface area contributed by atoms with Crippen LogP contribution in [0.2, 0.25) is 0 Å².